The van der Waals surface area contributed by atoms with Gasteiger partial charge in [-0.15, -0.1) is 0 Å². The lowest BCUT2D eigenvalue weighted by atomic mass is 10.1. The molecular formula is C15H19ClFN3O2. The number of likely N-dealkylation sites (N-methyl/N-ethyl adjacent to an activating group) is 1. The maximum atomic E-state index is 13.8. The van der Waals surface area contributed by atoms with Crippen LogP contribution >= 0.6 is 11.6 Å². The van der Waals surface area contributed by atoms with Crippen molar-refractivity contribution < 1.29 is 14.0 Å². The third-order valence-corrected chi connectivity index (χ3v) is 3.89. The molecule has 1 aromatic carbocycles. The Balaban J connectivity index is 1.94. The number of piperazine rings is 1. The Morgan fingerprint density at radius 2 is 1.95 bits per heavy atom. The van der Waals surface area contributed by atoms with Gasteiger partial charge in [-0.2, -0.15) is 0 Å². The van der Waals surface area contributed by atoms with E-state index in [0.29, 0.717) is 39.3 Å². The summed E-state index contributed by atoms with van der Waals surface area (Å²) >= 11 is 5.93. The lowest BCUT2D eigenvalue weighted by molar-refractivity contribution is -0.122. The minimum atomic E-state index is -0.609. The molecule has 5 nitrogen and oxygen atoms in total. The number of hydrogen-bond acceptors (Lipinski definition) is 3. The van der Waals surface area contributed by atoms with E-state index in [1.54, 1.807) is 4.90 Å². The molecule has 1 aromatic rings. The normalized spacial score (nSPS) is 15.7. The third-order valence-electron chi connectivity index (χ3n) is 3.58. The van der Waals surface area contributed by atoms with Gasteiger partial charge in [0.05, 0.1) is 17.1 Å². The van der Waals surface area contributed by atoms with Crippen molar-refractivity contribution in [3.63, 3.8) is 0 Å². The van der Waals surface area contributed by atoms with Gasteiger partial charge in [0.2, 0.25) is 5.91 Å². The standard InChI is InChI=1S/C15H19ClFN3O2/c1-2-18-13(21)10-19-6-8-20(9-7-19)15(22)14-11(16)4-3-5-12(14)17/h3-5H,2,6-10H2,1H3,(H,18,21). The summed E-state index contributed by atoms with van der Waals surface area (Å²) in [6.45, 7) is 4.84. The Kier molecular flexibility index (Phi) is 5.74. The highest BCUT2D eigenvalue weighted by Gasteiger charge is 2.26. The number of halogens is 2. The second-order valence-corrected chi connectivity index (χ2v) is 5.53. The summed E-state index contributed by atoms with van der Waals surface area (Å²) in [4.78, 5) is 27.5. The van der Waals surface area contributed by atoms with Crippen LogP contribution in [0.1, 0.15) is 17.3 Å². The van der Waals surface area contributed by atoms with Crippen molar-refractivity contribution >= 4 is 23.4 Å². The predicted molar refractivity (Wildman–Crippen MR) is 82.4 cm³/mol. The van der Waals surface area contributed by atoms with Crippen LogP contribution in [0.15, 0.2) is 18.2 Å². The van der Waals surface area contributed by atoms with Gasteiger partial charge in [-0.05, 0) is 19.1 Å². The highest BCUT2D eigenvalue weighted by atomic mass is 35.5. The lowest BCUT2D eigenvalue weighted by Crippen LogP contribution is -2.51. The molecule has 0 saturated carbocycles. The summed E-state index contributed by atoms with van der Waals surface area (Å²) in [5.41, 5.74) is -0.0821. The van der Waals surface area contributed by atoms with E-state index in [9.17, 15) is 14.0 Å². The number of hydrogen-bond donors (Lipinski definition) is 1. The van der Waals surface area contributed by atoms with E-state index in [4.69, 9.17) is 11.6 Å². The SMILES string of the molecule is CCNC(=O)CN1CCN(C(=O)c2c(F)cccc2Cl)CC1. The van der Waals surface area contributed by atoms with Crippen molar-refractivity contribution in [1.82, 2.24) is 15.1 Å². The smallest absolute Gasteiger partial charge is 0.258 e. The first-order chi connectivity index (χ1) is 10.5. The number of nitrogens with zero attached hydrogens (tertiary/aromatic N) is 2. The molecule has 120 valence electrons. The maximum Gasteiger partial charge on any atom is 0.258 e. The van der Waals surface area contributed by atoms with E-state index in [1.165, 1.54) is 18.2 Å². The largest absolute Gasteiger partial charge is 0.355 e. The van der Waals surface area contributed by atoms with Gasteiger partial charge in [0.15, 0.2) is 0 Å². The van der Waals surface area contributed by atoms with Gasteiger partial charge in [-0.3, -0.25) is 14.5 Å². The molecule has 2 amide bonds. The molecule has 0 aliphatic carbocycles. The molecule has 1 fully saturated rings. The van der Waals surface area contributed by atoms with Gasteiger partial charge in [0.25, 0.3) is 5.91 Å². The van der Waals surface area contributed by atoms with Crippen LogP contribution in [0.2, 0.25) is 5.02 Å². The summed E-state index contributed by atoms with van der Waals surface area (Å²) in [5.74, 6) is -1.04. The van der Waals surface area contributed by atoms with Crippen LogP contribution in [-0.4, -0.2) is 60.9 Å². The molecule has 0 atom stereocenters. The Morgan fingerprint density at radius 1 is 1.27 bits per heavy atom. The van der Waals surface area contributed by atoms with Crippen molar-refractivity contribution in [3.05, 3.63) is 34.6 Å². The third kappa shape index (κ3) is 3.96. The van der Waals surface area contributed by atoms with Crippen LogP contribution in [0, 0.1) is 5.82 Å². The van der Waals surface area contributed by atoms with Gasteiger partial charge >= 0.3 is 0 Å². The van der Waals surface area contributed by atoms with Crippen LogP contribution in [0.25, 0.3) is 0 Å². The average molecular weight is 328 g/mol. The second-order valence-electron chi connectivity index (χ2n) is 5.12. The number of nitrogens with one attached hydrogen (secondary N) is 1. The highest BCUT2D eigenvalue weighted by molar-refractivity contribution is 6.33. The zero-order valence-electron chi connectivity index (χ0n) is 12.4. The van der Waals surface area contributed by atoms with Gasteiger partial charge in [0, 0.05) is 32.7 Å². The van der Waals surface area contributed by atoms with Crippen molar-refractivity contribution in [3.8, 4) is 0 Å². The van der Waals surface area contributed by atoms with E-state index < -0.39 is 11.7 Å². The second kappa shape index (κ2) is 7.56. The summed E-state index contributed by atoms with van der Waals surface area (Å²) in [5, 5.41) is 2.86. The number of amides is 2. The molecule has 1 N–H and O–H groups in total. The lowest BCUT2D eigenvalue weighted by Gasteiger charge is -2.34. The number of carbonyl (C=O) groups excluding carboxylic acids is 2. The van der Waals surface area contributed by atoms with E-state index >= 15 is 0 Å². The van der Waals surface area contributed by atoms with Crippen molar-refractivity contribution in [2.24, 2.45) is 0 Å². The molecule has 0 unspecified atom stereocenters. The number of carbonyl (C=O) groups is 2. The monoisotopic (exact) mass is 327 g/mol. The minimum Gasteiger partial charge on any atom is -0.355 e. The topological polar surface area (TPSA) is 52.7 Å². The molecule has 1 aliphatic heterocycles. The molecule has 1 heterocycles. The van der Waals surface area contributed by atoms with Crippen molar-refractivity contribution in [2.45, 2.75) is 6.92 Å². The first kappa shape index (κ1) is 16.7. The molecule has 1 saturated heterocycles. The summed E-state index contributed by atoms with van der Waals surface area (Å²) in [6, 6.07) is 4.20. The fourth-order valence-electron chi connectivity index (χ4n) is 2.43. The Labute approximate surface area is 134 Å². The summed E-state index contributed by atoms with van der Waals surface area (Å²) in [6.07, 6.45) is 0. The highest BCUT2D eigenvalue weighted by Crippen LogP contribution is 2.21. The first-order valence-electron chi connectivity index (χ1n) is 7.25. The fraction of sp³-hybridized carbons (Fsp3) is 0.467. The molecule has 0 bridgehead atoms. The maximum absolute atomic E-state index is 13.8. The van der Waals surface area contributed by atoms with Crippen molar-refractivity contribution in [2.75, 3.05) is 39.3 Å². The molecule has 22 heavy (non-hydrogen) atoms. The first-order valence-corrected chi connectivity index (χ1v) is 7.63. The zero-order chi connectivity index (χ0) is 16.1. The van der Waals surface area contributed by atoms with Crippen LogP contribution in [0.4, 0.5) is 4.39 Å². The van der Waals surface area contributed by atoms with Crippen LogP contribution in [0.3, 0.4) is 0 Å². The summed E-state index contributed by atoms with van der Waals surface area (Å²) < 4.78 is 13.8. The molecular weight excluding hydrogens is 309 g/mol. The minimum absolute atomic E-state index is 0.0283. The van der Waals surface area contributed by atoms with Crippen LogP contribution in [0.5, 0.6) is 0 Å². The molecule has 1 aliphatic rings. The molecule has 2 rings (SSSR count). The van der Waals surface area contributed by atoms with Crippen LogP contribution < -0.4 is 5.32 Å². The van der Waals surface area contributed by atoms with Crippen LogP contribution in [-0.2, 0) is 4.79 Å². The Morgan fingerprint density at radius 3 is 2.55 bits per heavy atom. The van der Waals surface area contributed by atoms with Crippen molar-refractivity contribution in [1.29, 1.82) is 0 Å². The van der Waals surface area contributed by atoms with Gasteiger partial charge in [-0.1, -0.05) is 17.7 Å². The zero-order valence-corrected chi connectivity index (χ0v) is 13.2. The molecule has 0 spiro atoms. The predicted octanol–water partition coefficient (Wildman–Crippen LogP) is 1.37. The fourth-order valence-corrected chi connectivity index (χ4v) is 2.67. The van der Waals surface area contributed by atoms with E-state index in [0.717, 1.165) is 0 Å². The molecule has 0 aromatic heterocycles. The molecule has 7 heteroatoms. The van der Waals surface area contributed by atoms with Gasteiger partial charge in [0.1, 0.15) is 5.82 Å². The van der Waals surface area contributed by atoms with E-state index in [2.05, 4.69) is 5.32 Å². The van der Waals surface area contributed by atoms with E-state index in [1.807, 2.05) is 11.8 Å². The number of benzene rings is 1. The Bertz CT molecular complexity index is 539. The summed E-state index contributed by atoms with van der Waals surface area (Å²) in [7, 11) is 0. The van der Waals surface area contributed by atoms with Gasteiger partial charge < -0.3 is 10.2 Å². The Hall–Kier alpha value is -1.66. The average Bonchev–Trinajstić information content (AvgIpc) is 2.48. The van der Waals surface area contributed by atoms with Gasteiger partial charge in [-0.25, -0.2) is 4.39 Å². The molecule has 0 radical (unpaired) electrons. The van der Waals surface area contributed by atoms with E-state index in [-0.39, 0.29) is 16.5 Å². The quantitative estimate of drug-likeness (QED) is 0.909. The number of rotatable bonds is 4.